The molecule has 1 heterocycles. The Kier molecular flexibility index (Phi) is 2.13. The van der Waals surface area contributed by atoms with E-state index in [1.807, 2.05) is 30.4 Å². The monoisotopic (exact) mass is 143 g/mol. The molecular formula is C6H13N3O. The number of nitrogens with zero attached hydrogens (tertiary/aromatic N) is 2. The van der Waals surface area contributed by atoms with Gasteiger partial charge in [0.25, 0.3) is 0 Å². The maximum absolute atomic E-state index is 4.94. The van der Waals surface area contributed by atoms with Gasteiger partial charge in [0.05, 0.1) is 12.3 Å². The number of rotatable bonds is 2. The summed E-state index contributed by atoms with van der Waals surface area (Å²) in [6, 6.07) is 0. The molecule has 0 spiro atoms. The smallest absolute Gasteiger partial charge is 0.0888 e. The molecule has 0 aromatic carbocycles. The molecule has 0 atom stereocenters. The third kappa shape index (κ3) is 1.40. The SMILES string of the molecule is COCC1=CN(C)N(C)N1. The highest BCUT2D eigenvalue weighted by atomic mass is 16.5. The molecule has 0 radical (unpaired) electrons. The number of hydrogen-bond acceptors (Lipinski definition) is 4. The number of ether oxygens (including phenoxy) is 1. The normalized spacial score (nSPS) is 19.1. The van der Waals surface area contributed by atoms with E-state index in [1.54, 1.807) is 7.11 Å². The molecule has 0 saturated heterocycles. The molecule has 0 fully saturated rings. The molecular weight excluding hydrogens is 130 g/mol. The molecule has 1 aliphatic rings. The molecule has 0 amide bonds. The lowest BCUT2D eigenvalue weighted by Gasteiger charge is -2.19. The average molecular weight is 143 g/mol. The van der Waals surface area contributed by atoms with E-state index in [0.29, 0.717) is 6.61 Å². The van der Waals surface area contributed by atoms with Gasteiger partial charge in [-0.3, -0.25) is 5.01 Å². The van der Waals surface area contributed by atoms with Gasteiger partial charge in [0.15, 0.2) is 0 Å². The summed E-state index contributed by atoms with van der Waals surface area (Å²) in [5, 5.41) is 3.84. The van der Waals surface area contributed by atoms with Crippen LogP contribution in [-0.4, -0.2) is 37.9 Å². The Morgan fingerprint density at radius 3 is 2.70 bits per heavy atom. The topological polar surface area (TPSA) is 27.7 Å². The zero-order chi connectivity index (χ0) is 7.56. The van der Waals surface area contributed by atoms with Gasteiger partial charge in [0.1, 0.15) is 0 Å². The van der Waals surface area contributed by atoms with Crippen LogP contribution < -0.4 is 5.43 Å². The molecule has 0 unspecified atom stereocenters. The third-order valence-corrected chi connectivity index (χ3v) is 1.42. The number of hydrazine groups is 2. The summed E-state index contributed by atoms with van der Waals surface area (Å²) in [6.45, 7) is 0.634. The van der Waals surface area contributed by atoms with Crippen LogP contribution in [0.15, 0.2) is 11.9 Å². The second kappa shape index (κ2) is 2.90. The highest BCUT2D eigenvalue weighted by molar-refractivity contribution is 5.01. The first-order valence-corrected chi connectivity index (χ1v) is 3.17. The Labute approximate surface area is 61.0 Å². The molecule has 4 nitrogen and oxygen atoms in total. The van der Waals surface area contributed by atoms with E-state index in [0.717, 1.165) is 5.70 Å². The van der Waals surface area contributed by atoms with Crippen molar-refractivity contribution in [2.45, 2.75) is 0 Å². The number of hydrogen-bond donors (Lipinski definition) is 1. The molecule has 0 saturated carbocycles. The molecule has 0 aromatic rings. The van der Waals surface area contributed by atoms with Gasteiger partial charge in [0.2, 0.25) is 0 Å². The molecule has 0 aliphatic carbocycles. The van der Waals surface area contributed by atoms with E-state index in [9.17, 15) is 0 Å². The maximum atomic E-state index is 4.94. The van der Waals surface area contributed by atoms with Crippen LogP contribution in [0.2, 0.25) is 0 Å². The Morgan fingerprint density at radius 1 is 1.60 bits per heavy atom. The van der Waals surface area contributed by atoms with Gasteiger partial charge >= 0.3 is 0 Å². The summed E-state index contributed by atoms with van der Waals surface area (Å²) in [4.78, 5) is 0. The lowest BCUT2D eigenvalue weighted by molar-refractivity contribution is 0.0595. The van der Waals surface area contributed by atoms with E-state index in [1.165, 1.54) is 0 Å². The van der Waals surface area contributed by atoms with Gasteiger partial charge in [-0.25, -0.2) is 0 Å². The first-order chi connectivity index (χ1) is 4.74. The fourth-order valence-corrected chi connectivity index (χ4v) is 0.853. The predicted molar refractivity (Wildman–Crippen MR) is 38.6 cm³/mol. The van der Waals surface area contributed by atoms with Crippen LogP contribution in [-0.2, 0) is 4.74 Å². The van der Waals surface area contributed by atoms with Crippen molar-refractivity contribution in [3.05, 3.63) is 11.9 Å². The minimum atomic E-state index is 0.634. The van der Waals surface area contributed by atoms with Crippen molar-refractivity contribution >= 4 is 0 Å². The summed E-state index contributed by atoms with van der Waals surface area (Å²) in [7, 11) is 5.59. The van der Waals surface area contributed by atoms with Gasteiger partial charge in [-0.05, 0) is 0 Å². The number of methoxy groups -OCH3 is 1. The second-order valence-electron chi connectivity index (χ2n) is 2.30. The van der Waals surface area contributed by atoms with Crippen LogP contribution in [0.1, 0.15) is 0 Å². The van der Waals surface area contributed by atoms with Crippen molar-refractivity contribution in [3.63, 3.8) is 0 Å². The highest BCUT2D eigenvalue weighted by Crippen LogP contribution is 2.03. The van der Waals surface area contributed by atoms with Crippen LogP contribution in [0.4, 0.5) is 0 Å². The van der Waals surface area contributed by atoms with Gasteiger partial charge in [-0.2, -0.15) is 0 Å². The van der Waals surface area contributed by atoms with Crippen molar-refractivity contribution in [1.29, 1.82) is 0 Å². The highest BCUT2D eigenvalue weighted by Gasteiger charge is 2.11. The fourth-order valence-electron chi connectivity index (χ4n) is 0.853. The van der Waals surface area contributed by atoms with Crippen LogP contribution in [0.25, 0.3) is 0 Å². The molecule has 1 rings (SSSR count). The molecule has 58 valence electrons. The predicted octanol–water partition coefficient (Wildman–Crippen LogP) is -0.229. The minimum absolute atomic E-state index is 0.634. The quantitative estimate of drug-likeness (QED) is 0.578. The lowest BCUT2D eigenvalue weighted by atomic mass is 10.5. The molecule has 4 heteroatoms. The van der Waals surface area contributed by atoms with Crippen molar-refractivity contribution < 1.29 is 4.74 Å². The summed E-state index contributed by atoms with van der Waals surface area (Å²) < 4.78 is 4.94. The Bertz CT molecular complexity index is 146. The number of nitrogens with one attached hydrogen (secondary N) is 1. The molecule has 1 aliphatic heterocycles. The molecule has 0 aromatic heterocycles. The average Bonchev–Trinajstić information content (AvgIpc) is 2.14. The summed E-state index contributed by atoms with van der Waals surface area (Å²) in [5.74, 6) is 0. The summed E-state index contributed by atoms with van der Waals surface area (Å²) >= 11 is 0. The van der Waals surface area contributed by atoms with Crippen molar-refractivity contribution in [3.8, 4) is 0 Å². The van der Waals surface area contributed by atoms with Crippen molar-refractivity contribution in [2.24, 2.45) is 0 Å². The Balaban J connectivity index is 2.42. The molecule has 10 heavy (non-hydrogen) atoms. The maximum Gasteiger partial charge on any atom is 0.0888 e. The van der Waals surface area contributed by atoms with Crippen LogP contribution >= 0.6 is 0 Å². The zero-order valence-corrected chi connectivity index (χ0v) is 6.59. The summed E-state index contributed by atoms with van der Waals surface area (Å²) in [6.07, 6.45) is 1.99. The second-order valence-corrected chi connectivity index (χ2v) is 2.30. The van der Waals surface area contributed by atoms with E-state index < -0.39 is 0 Å². The van der Waals surface area contributed by atoms with Crippen molar-refractivity contribution in [1.82, 2.24) is 15.6 Å². The Morgan fingerprint density at radius 2 is 2.30 bits per heavy atom. The van der Waals surface area contributed by atoms with Crippen LogP contribution in [0.5, 0.6) is 0 Å². The Hall–Kier alpha value is -0.740. The lowest BCUT2D eigenvalue weighted by Crippen LogP contribution is -2.36. The molecule has 0 bridgehead atoms. The first-order valence-electron chi connectivity index (χ1n) is 3.17. The van der Waals surface area contributed by atoms with E-state index in [-0.39, 0.29) is 0 Å². The third-order valence-electron chi connectivity index (χ3n) is 1.42. The van der Waals surface area contributed by atoms with Crippen LogP contribution in [0.3, 0.4) is 0 Å². The van der Waals surface area contributed by atoms with Gasteiger partial charge in [0, 0.05) is 27.4 Å². The van der Waals surface area contributed by atoms with E-state index in [4.69, 9.17) is 4.74 Å². The van der Waals surface area contributed by atoms with Gasteiger partial charge in [-0.1, -0.05) is 0 Å². The zero-order valence-electron chi connectivity index (χ0n) is 6.59. The molecule has 1 N–H and O–H groups in total. The van der Waals surface area contributed by atoms with Crippen LogP contribution in [0, 0.1) is 0 Å². The van der Waals surface area contributed by atoms with Gasteiger partial charge in [-0.15, -0.1) is 5.12 Å². The summed E-state index contributed by atoms with van der Waals surface area (Å²) in [5.41, 5.74) is 4.18. The fraction of sp³-hybridized carbons (Fsp3) is 0.667. The standard InChI is InChI=1S/C6H13N3O/c1-8-4-6(5-10-3)7-9(8)2/h4,7H,5H2,1-3H3. The largest absolute Gasteiger partial charge is 0.378 e. The minimum Gasteiger partial charge on any atom is -0.378 e. The first kappa shape index (κ1) is 7.37. The van der Waals surface area contributed by atoms with Crippen molar-refractivity contribution in [2.75, 3.05) is 27.8 Å². The van der Waals surface area contributed by atoms with Gasteiger partial charge < -0.3 is 10.2 Å². The van der Waals surface area contributed by atoms with E-state index >= 15 is 0 Å². The van der Waals surface area contributed by atoms with E-state index in [2.05, 4.69) is 5.43 Å².